The Kier molecular flexibility index (Phi) is 5.68. The minimum absolute atomic E-state index is 0.427. The molecule has 1 aliphatic heterocycles. The van der Waals surface area contributed by atoms with Gasteiger partial charge in [0, 0.05) is 24.4 Å². The third kappa shape index (κ3) is 5.05. The summed E-state index contributed by atoms with van der Waals surface area (Å²) in [5, 5.41) is 6.81. The lowest BCUT2D eigenvalue weighted by molar-refractivity contribution is 0.460. The second kappa shape index (κ2) is 7.93. The Morgan fingerprint density at radius 2 is 1.57 bits per heavy atom. The van der Waals surface area contributed by atoms with E-state index in [1.165, 1.54) is 6.42 Å². The lowest BCUT2D eigenvalue weighted by Crippen LogP contribution is -2.34. The number of benzene rings is 2. The second-order valence-electron chi connectivity index (χ2n) is 5.46. The van der Waals surface area contributed by atoms with Gasteiger partial charge in [-0.3, -0.25) is 0 Å². The summed E-state index contributed by atoms with van der Waals surface area (Å²) in [6.07, 6.45) is 2.35. The van der Waals surface area contributed by atoms with Crippen LogP contribution in [0.15, 0.2) is 60.7 Å². The smallest absolute Gasteiger partial charge is 0.365 e. The van der Waals surface area contributed by atoms with E-state index in [-0.39, 0.29) is 0 Å². The van der Waals surface area contributed by atoms with E-state index in [1.54, 1.807) is 0 Å². The molecule has 1 aliphatic rings. The van der Waals surface area contributed by atoms with Crippen LogP contribution in [0.3, 0.4) is 0 Å². The fraction of sp³-hybridized carbons (Fsp3) is 0.294. The highest BCUT2D eigenvalue weighted by atomic mass is 32.5. The van der Waals surface area contributed by atoms with Crippen LogP contribution in [0.4, 0.5) is 0 Å². The summed E-state index contributed by atoms with van der Waals surface area (Å²) >= 11 is 5.73. The molecule has 0 radical (unpaired) electrons. The summed E-state index contributed by atoms with van der Waals surface area (Å²) in [6, 6.07) is 19.6. The third-order valence-corrected chi connectivity index (χ3v) is 5.94. The second-order valence-corrected chi connectivity index (χ2v) is 8.58. The van der Waals surface area contributed by atoms with E-state index >= 15 is 0 Å². The van der Waals surface area contributed by atoms with Gasteiger partial charge >= 0.3 is 6.64 Å². The van der Waals surface area contributed by atoms with Gasteiger partial charge in [-0.1, -0.05) is 36.4 Å². The van der Waals surface area contributed by atoms with Crippen LogP contribution in [0.5, 0.6) is 11.5 Å². The number of hydrogen-bond donors (Lipinski definition) is 2. The highest BCUT2D eigenvalue weighted by Crippen LogP contribution is 2.45. The quantitative estimate of drug-likeness (QED) is 0.747. The van der Waals surface area contributed by atoms with E-state index in [4.69, 9.17) is 20.9 Å². The van der Waals surface area contributed by atoms with Crippen molar-refractivity contribution in [3.63, 3.8) is 0 Å². The van der Waals surface area contributed by atoms with Gasteiger partial charge < -0.3 is 14.4 Å². The molecule has 0 amide bonds. The molecule has 1 atom stereocenters. The monoisotopic (exact) mass is 348 g/mol. The minimum atomic E-state index is -2.67. The van der Waals surface area contributed by atoms with Gasteiger partial charge in [-0.15, -0.1) is 0 Å². The zero-order valence-corrected chi connectivity index (χ0v) is 14.6. The third-order valence-electron chi connectivity index (χ3n) is 3.63. The zero-order valence-electron chi connectivity index (χ0n) is 12.9. The first-order valence-corrected chi connectivity index (χ1v) is 10.5. The lowest BCUT2D eigenvalue weighted by atomic mass is 10.2. The van der Waals surface area contributed by atoms with E-state index in [2.05, 4.69) is 10.4 Å². The molecule has 3 rings (SSSR count). The van der Waals surface area contributed by atoms with Crippen LogP contribution in [0.1, 0.15) is 12.8 Å². The molecule has 6 heteroatoms. The van der Waals surface area contributed by atoms with E-state index < -0.39 is 6.64 Å². The van der Waals surface area contributed by atoms with Crippen molar-refractivity contribution in [3.05, 3.63) is 60.7 Å². The Bertz CT molecular complexity index is 603. The normalized spacial score (nSPS) is 17.8. The van der Waals surface area contributed by atoms with Crippen molar-refractivity contribution in [1.29, 1.82) is 0 Å². The van der Waals surface area contributed by atoms with E-state index in [9.17, 15) is 0 Å². The van der Waals surface area contributed by atoms with Crippen LogP contribution >= 0.6 is 6.64 Å². The van der Waals surface area contributed by atoms with E-state index in [0.29, 0.717) is 6.04 Å². The number of hydrogen-bond acceptors (Lipinski definition) is 4. The number of para-hydroxylation sites is 2. The summed E-state index contributed by atoms with van der Waals surface area (Å²) < 4.78 is 12.1. The van der Waals surface area contributed by atoms with Crippen LogP contribution in [-0.4, -0.2) is 19.1 Å². The molecule has 1 fully saturated rings. The molecule has 0 aliphatic carbocycles. The van der Waals surface area contributed by atoms with Gasteiger partial charge in [0.1, 0.15) is 11.5 Å². The average Bonchev–Trinajstić information content (AvgIpc) is 3.08. The molecular formula is C17H21N2O2PS. The van der Waals surface area contributed by atoms with Gasteiger partial charge in [0.2, 0.25) is 0 Å². The zero-order chi connectivity index (χ0) is 16.0. The maximum Gasteiger partial charge on any atom is 0.365 e. The summed E-state index contributed by atoms with van der Waals surface area (Å²) in [6.45, 7) is -0.862. The molecule has 2 aromatic rings. The summed E-state index contributed by atoms with van der Waals surface area (Å²) in [7, 11) is 0. The molecule has 0 spiro atoms. The summed E-state index contributed by atoms with van der Waals surface area (Å²) in [5.41, 5.74) is 0. The fourth-order valence-electron chi connectivity index (χ4n) is 2.48. The van der Waals surface area contributed by atoms with Gasteiger partial charge in [0.25, 0.3) is 0 Å². The minimum Gasteiger partial charge on any atom is -0.425 e. The predicted molar refractivity (Wildman–Crippen MR) is 97.5 cm³/mol. The Morgan fingerprint density at radius 3 is 2.04 bits per heavy atom. The first kappa shape index (κ1) is 16.5. The van der Waals surface area contributed by atoms with Crippen LogP contribution in [0.25, 0.3) is 0 Å². The van der Waals surface area contributed by atoms with Gasteiger partial charge in [-0.05, 0) is 43.7 Å². The van der Waals surface area contributed by atoms with Crippen LogP contribution in [0, 0.1) is 0 Å². The molecule has 2 aromatic carbocycles. The molecule has 1 saturated heterocycles. The van der Waals surface area contributed by atoms with Crippen molar-refractivity contribution in [2.75, 3.05) is 13.1 Å². The van der Waals surface area contributed by atoms with Gasteiger partial charge in [-0.25, -0.2) is 5.09 Å². The molecule has 0 unspecified atom stereocenters. The van der Waals surface area contributed by atoms with Crippen LogP contribution in [0.2, 0.25) is 0 Å². The number of rotatable bonds is 7. The maximum absolute atomic E-state index is 6.03. The molecule has 23 heavy (non-hydrogen) atoms. The Balaban J connectivity index is 1.72. The van der Waals surface area contributed by atoms with Crippen molar-refractivity contribution in [2.45, 2.75) is 18.9 Å². The first-order chi connectivity index (χ1) is 11.2. The van der Waals surface area contributed by atoms with Crippen molar-refractivity contribution in [2.24, 2.45) is 0 Å². The average molecular weight is 348 g/mol. The van der Waals surface area contributed by atoms with Crippen LogP contribution < -0.4 is 19.5 Å². The van der Waals surface area contributed by atoms with Gasteiger partial charge in [0.05, 0.1) is 0 Å². The highest BCUT2D eigenvalue weighted by molar-refractivity contribution is 8.09. The molecule has 1 heterocycles. The molecule has 4 nitrogen and oxygen atoms in total. The van der Waals surface area contributed by atoms with E-state index in [1.807, 2.05) is 60.7 Å². The van der Waals surface area contributed by atoms with Crippen LogP contribution in [-0.2, 0) is 11.8 Å². The number of nitrogens with one attached hydrogen (secondary N) is 2. The van der Waals surface area contributed by atoms with Gasteiger partial charge in [0.15, 0.2) is 0 Å². The molecular weight excluding hydrogens is 327 g/mol. The van der Waals surface area contributed by atoms with Crippen molar-refractivity contribution in [1.82, 2.24) is 10.4 Å². The Labute approximate surface area is 142 Å². The largest absolute Gasteiger partial charge is 0.425 e. The molecule has 2 N–H and O–H groups in total. The standard InChI is InChI=1S/C17H21N2O2PS/c23-22(19-14-15-8-7-13-18-15,20-16-9-3-1-4-10-16)21-17-11-5-2-6-12-17/h1-6,9-12,15,18H,7-8,13-14H2,(H,19,23)/t15-/m0/s1. The van der Waals surface area contributed by atoms with Crippen molar-refractivity contribution < 1.29 is 9.05 Å². The van der Waals surface area contributed by atoms with Gasteiger partial charge in [-0.2, -0.15) is 0 Å². The highest BCUT2D eigenvalue weighted by Gasteiger charge is 2.25. The SMILES string of the molecule is S=P(NC[C@@H]1CCCN1)(Oc1ccccc1)Oc1ccccc1. The summed E-state index contributed by atoms with van der Waals surface area (Å²) in [4.78, 5) is 0. The maximum atomic E-state index is 6.03. The van der Waals surface area contributed by atoms with Crippen molar-refractivity contribution >= 4 is 18.4 Å². The molecule has 122 valence electrons. The van der Waals surface area contributed by atoms with E-state index in [0.717, 1.165) is 31.0 Å². The molecule has 0 saturated carbocycles. The van der Waals surface area contributed by atoms with Crippen molar-refractivity contribution in [3.8, 4) is 11.5 Å². The fourth-order valence-corrected chi connectivity index (χ4v) is 4.63. The molecule has 0 bridgehead atoms. The Hall–Kier alpha value is -1.39. The first-order valence-electron chi connectivity index (χ1n) is 7.81. The summed E-state index contributed by atoms with van der Waals surface area (Å²) in [5.74, 6) is 1.44. The lowest BCUT2D eigenvalue weighted by Gasteiger charge is -2.25. The topological polar surface area (TPSA) is 42.5 Å². The molecule has 0 aromatic heterocycles. The predicted octanol–water partition coefficient (Wildman–Crippen LogP) is 3.71. The Morgan fingerprint density at radius 1 is 1.00 bits per heavy atom.